The maximum atomic E-state index is 12.9. The minimum absolute atomic E-state index is 0.0463. The van der Waals surface area contributed by atoms with E-state index in [0.717, 1.165) is 16.4 Å². The first-order valence-electron chi connectivity index (χ1n) is 10.0. The lowest BCUT2D eigenvalue weighted by molar-refractivity contribution is -0.384. The molecule has 174 valence electrons. The highest BCUT2D eigenvalue weighted by molar-refractivity contribution is 7.89. The monoisotopic (exact) mass is 490 g/mol. The molecule has 12 heteroatoms. The van der Waals surface area contributed by atoms with E-state index in [1.165, 1.54) is 39.9 Å². The average Bonchev–Trinajstić information content (AvgIpc) is 3.34. The zero-order valence-corrected chi connectivity index (χ0v) is 19.6. The minimum Gasteiger partial charge on any atom is -0.497 e. The third-order valence-electron chi connectivity index (χ3n) is 5.33. The summed E-state index contributed by atoms with van der Waals surface area (Å²) in [5, 5.41) is 13.6. The number of benzene rings is 2. The van der Waals surface area contributed by atoms with Crippen LogP contribution in [0.2, 0.25) is 0 Å². The smallest absolute Gasteiger partial charge is 0.269 e. The Hall–Kier alpha value is -3.22. The highest BCUT2D eigenvalue weighted by atomic mass is 32.2. The molecule has 3 aromatic rings. The van der Waals surface area contributed by atoms with Crippen molar-refractivity contribution in [2.24, 2.45) is 0 Å². The fraction of sp³-hybridized carbons (Fsp3) is 0.286. The van der Waals surface area contributed by atoms with Gasteiger partial charge in [0.15, 0.2) is 5.13 Å². The minimum atomic E-state index is -3.72. The van der Waals surface area contributed by atoms with Gasteiger partial charge in [-0.25, -0.2) is 13.4 Å². The number of anilines is 1. The van der Waals surface area contributed by atoms with Crippen LogP contribution in [0, 0.1) is 10.1 Å². The molecule has 1 aliphatic heterocycles. The topological polar surface area (TPSA) is 115 Å². The standard InChI is InChI=1S/C21H22N4O6S2/c1-30-17-11-15(12-18(13-17)31-2)20-14-32-21(22-20)23-7-9-24(10-8-23)33(28,29)19-5-3-16(4-6-19)25(26)27/h3-6,11-14H,7-10H2,1-2H3. The van der Waals surface area contributed by atoms with Gasteiger partial charge in [-0.3, -0.25) is 10.1 Å². The Bertz CT molecular complexity index is 1230. The van der Waals surface area contributed by atoms with E-state index in [0.29, 0.717) is 37.7 Å². The lowest BCUT2D eigenvalue weighted by Gasteiger charge is -2.33. The Morgan fingerprint density at radius 2 is 1.61 bits per heavy atom. The summed E-state index contributed by atoms with van der Waals surface area (Å²) in [6.07, 6.45) is 0. The van der Waals surface area contributed by atoms with Gasteiger partial charge in [0.1, 0.15) is 11.5 Å². The fourth-order valence-electron chi connectivity index (χ4n) is 3.51. The third kappa shape index (κ3) is 4.77. The zero-order chi connectivity index (χ0) is 23.6. The molecular formula is C21H22N4O6S2. The number of nitro benzene ring substituents is 1. The first-order valence-corrected chi connectivity index (χ1v) is 12.3. The van der Waals surface area contributed by atoms with Gasteiger partial charge in [0, 0.05) is 55.3 Å². The molecule has 0 aliphatic carbocycles. The summed E-state index contributed by atoms with van der Waals surface area (Å²) in [5.74, 6) is 1.34. The van der Waals surface area contributed by atoms with Crippen LogP contribution in [0.4, 0.5) is 10.8 Å². The van der Waals surface area contributed by atoms with Crippen LogP contribution in [-0.4, -0.2) is 63.0 Å². The van der Waals surface area contributed by atoms with Crippen LogP contribution in [0.25, 0.3) is 11.3 Å². The van der Waals surface area contributed by atoms with Gasteiger partial charge in [-0.05, 0) is 24.3 Å². The average molecular weight is 491 g/mol. The highest BCUT2D eigenvalue weighted by Gasteiger charge is 2.29. The van der Waals surface area contributed by atoms with Crippen molar-refractivity contribution in [3.63, 3.8) is 0 Å². The number of non-ortho nitro benzene ring substituents is 1. The Morgan fingerprint density at radius 1 is 1.00 bits per heavy atom. The number of aromatic nitrogens is 1. The summed E-state index contributed by atoms with van der Waals surface area (Å²) in [6, 6.07) is 10.5. The van der Waals surface area contributed by atoms with E-state index in [-0.39, 0.29) is 10.6 Å². The molecule has 4 rings (SSSR count). The molecule has 33 heavy (non-hydrogen) atoms. The predicted octanol–water partition coefficient (Wildman–Crippen LogP) is 3.25. The summed E-state index contributed by atoms with van der Waals surface area (Å²) >= 11 is 1.49. The number of ether oxygens (including phenoxy) is 2. The third-order valence-corrected chi connectivity index (χ3v) is 8.15. The van der Waals surface area contributed by atoms with Crippen LogP contribution in [0.1, 0.15) is 0 Å². The van der Waals surface area contributed by atoms with Crippen LogP contribution in [0.5, 0.6) is 11.5 Å². The largest absolute Gasteiger partial charge is 0.497 e. The van der Waals surface area contributed by atoms with E-state index in [9.17, 15) is 18.5 Å². The van der Waals surface area contributed by atoms with Gasteiger partial charge in [-0.1, -0.05) is 0 Å². The van der Waals surface area contributed by atoms with Crippen molar-refractivity contribution in [1.82, 2.24) is 9.29 Å². The molecule has 0 saturated carbocycles. The Labute approximate surface area is 195 Å². The van der Waals surface area contributed by atoms with E-state index in [2.05, 4.69) is 0 Å². The van der Waals surface area contributed by atoms with Crippen molar-refractivity contribution in [3.8, 4) is 22.8 Å². The molecule has 1 aliphatic rings. The van der Waals surface area contributed by atoms with Crippen molar-refractivity contribution in [1.29, 1.82) is 0 Å². The molecule has 0 bridgehead atoms. The van der Waals surface area contributed by atoms with Crippen LogP contribution >= 0.6 is 11.3 Å². The number of hydrogen-bond donors (Lipinski definition) is 0. The molecule has 0 radical (unpaired) electrons. The van der Waals surface area contributed by atoms with E-state index in [1.54, 1.807) is 20.3 Å². The lowest BCUT2D eigenvalue weighted by Crippen LogP contribution is -2.48. The van der Waals surface area contributed by atoms with Crippen molar-refractivity contribution in [2.45, 2.75) is 4.90 Å². The summed E-state index contributed by atoms with van der Waals surface area (Å²) in [4.78, 5) is 17.1. The van der Waals surface area contributed by atoms with E-state index < -0.39 is 14.9 Å². The second kappa shape index (κ2) is 9.33. The Kier molecular flexibility index (Phi) is 6.49. The van der Waals surface area contributed by atoms with Gasteiger partial charge in [0.05, 0.1) is 29.7 Å². The van der Waals surface area contributed by atoms with E-state index in [4.69, 9.17) is 14.5 Å². The summed E-state index contributed by atoms with van der Waals surface area (Å²) in [6.45, 7) is 1.56. The number of methoxy groups -OCH3 is 2. The molecule has 0 N–H and O–H groups in total. The van der Waals surface area contributed by atoms with Crippen LogP contribution in [0.3, 0.4) is 0 Å². The number of nitro groups is 1. The van der Waals surface area contributed by atoms with Crippen LogP contribution in [-0.2, 0) is 10.0 Å². The van der Waals surface area contributed by atoms with Gasteiger partial charge in [0.2, 0.25) is 10.0 Å². The summed E-state index contributed by atoms with van der Waals surface area (Å²) < 4.78 is 37.9. The van der Waals surface area contributed by atoms with Crippen molar-refractivity contribution < 1.29 is 22.8 Å². The summed E-state index contributed by atoms with van der Waals surface area (Å²) in [5.41, 5.74) is 1.51. The molecule has 10 nitrogen and oxygen atoms in total. The fourth-order valence-corrected chi connectivity index (χ4v) is 5.82. The van der Waals surface area contributed by atoms with Crippen molar-refractivity contribution in [3.05, 3.63) is 58.0 Å². The molecule has 0 amide bonds. The number of piperazine rings is 1. The SMILES string of the molecule is COc1cc(OC)cc(-c2csc(N3CCN(S(=O)(=O)c4ccc([N+](=O)[O-])cc4)CC3)n2)c1. The summed E-state index contributed by atoms with van der Waals surface area (Å²) in [7, 11) is -0.539. The molecule has 1 aromatic heterocycles. The number of sulfonamides is 1. The quantitative estimate of drug-likeness (QED) is 0.366. The highest BCUT2D eigenvalue weighted by Crippen LogP contribution is 2.33. The van der Waals surface area contributed by atoms with Crippen LogP contribution < -0.4 is 14.4 Å². The molecule has 2 aromatic carbocycles. The maximum absolute atomic E-state index is 12.9. The van der Waals surface area contributed by atoms with Crippen LogP contribution in [0.15, 0.2) is 52.7 Å². The van der Waals surface area contributed by atoms with Crippen molar-refractivity contribution >= 4 is 32.2 Å². The molecule has 0 atom stereocenters. The molecule has 1 saturated heterocycles. The Balaban J connectivity index is 1.45. The lowest BCUT2D eigenvalue weighted by atomic mass is 10.1. The number of hydrogen-bond acceptors (Lipinski definition) is 9. The van der Waals surface area contributed by atoms with Gasteiger partial charge in [-0.15, -0.1) is 11.3 Å². The van der Waals surface area contributed by atoms with Gasteiger partial charge in [0.25, 0.3) is 5.69 Å². The van der Waals surface area contributed by atoms with Crippen molar-refractivity contribution in [2.75, 3.05) is 45.3 Å². The van der Waals surface area contributed by atoms with E-state index in [1.807, 2.05) is 22.4 Å². The molecule has 0 unspecified atom stereocenters. The molecule has 1 fully saturated rings. The van der Waals surface area contributed by atoms with E-state index >= 15 is 0 Å². The van der Waals surface area contributed by atoms with Gasteiger partial charge in [-0.2, -0.15) is 4.31 Å². The maximum Gasteiger partial charge on any atom is 0.269 e. The second-order valence-electron chi connectivity index (χ2n) is 7.26. The van der Waals surface area contributed by atoms with Gasteiger partial charge < -0.3 is 14.4 Å². The zero-order valence-electron chi connectivity index (χ0n) is 18.0. The number of thiazole rings is 1. The molecule has 0 spiro atoms. The molecule has 2 heterocycles. The Morgan fingerprint density at radius 3 is 2.15 bits per heavy atom. The first kappa shape index (κ1) is 23.0. The molecular weight excluding hydrogens is 468 g/mol. The normalized spacial score (nSPS) is 14.8. The first-order chi connectivity index (χ1) is 15.8. The number of rotatable bonds is 7. The van der Waals surface area contributed by atoms with Gasteiger partial charge >= 0.3 is 0 Å². The number of nitrogens with zero attached hydrogens (tertiary/aromatic N) is 4. The second-order valence-corrected chi connectivity index (χ2v) is 10.0. The predicted molar refractivity (Wildman–Crippen MR) is 125 cm³/mol.